The van der Waals surface area contributed by atoms with Crippen molar-refractivity contribution >= 4 is 29.6 Å². The number of rotatable bonds is 9. The molecule has 1 aliphatic heterocycles. The Bertz CT molecular complexity index is 701. The minimum absolute atomic E-state index is 0.0759. The molecule has 1 fully saturated rings. The number of amides is 1. The smallest absolute Gasteiger partial charge is 0.333 e. The van der Waals surface area contributed by atoms with E-state index in [2.05, 4.69) is 4.74 Å². The summed E-state index contributed by atoms with van der Waals surface area (Å²) >= 11 is 1.29. The second-order valence-corrected chi connectivity index (χ2v) is 6.82. The average molecular weight is 393 g/mol. The molecule has 0 saturated carbocycles. The van der Waals surface area contributed by atoms with E-state index in [1.165, 1.54) is 29.8 Å². The molecule has 8 heteroatoms. The molecule has 0 spiro atoms. The number of esters is 2. The summed E-state index contributed by atoms with van der Waals surface area (Å²) in [6.45, 7) is 2.81. The molecule has 1 aromatic rings. The van der Waals surface area contributed by atoms with E-state index in [4.69, 9.17) is 9.47 Å². The molecule has 0 aliphatic carbocycles. The largest absolute Gasteiger partial charge is 0.493 e. The number of benzene rings is 1. The number of nitrogens with zero attached hydrogens (tertiary/aromatic N) is 1. The molecule has 27 heavy (non-hydrogen) atoms. The molecule has 7 nitrogen and oxygen atoms in total. The standard InChI is InChI=1S/C19H23NO6S/c1-14-4-6-15(7-5-14)25-11-8-18(22)26-10-3-9-20-16(21)13-27-17(20)12-19(23)24-2/h4-7,12H,3,8-11,13H2,1-2H3/b17-12+. The number of carbonyl (C=O) groups excluding carboxylic acids is 3. The molecule has 0 radical (unpaired) electrons. The molecular formula is C19H23NO6S. The summed E-state index contributed by atoms with van der Waals surface area (Å²) in [7, 11) is 1.28. The normalized spacial score (nSPS) is 15.1. The van der Waals surface area contributed by atoms with Gasteiger partial charge in [-0.05, 0) is 25.5 Å². The monoisotopic (exact) mass is 393 g/mol. The van der Waals surface area contributed by atoms with Gasteiger partial charge >= 0.3 is 11.9 Å². The van der Waals surface area contributed by atoms with Crippen molar-refractivity contribution in [3.05, 3.63) is 40.9 Å². The molecule has 1 aromatic carbocycles. The molecule has 1 heterocycles. The molecule has 1 saturated heterocycles. The van der Waals surface area contributed by atoms with E-state index < -0.39 is 5.97 Å². The minimum Gasteiger partial charge on any atom is -0.493 e. The average Bonchev–Trinajstić information content (AvgIpc) is 3.00. The fraction of sp³-hybridized carbons (Fsp3) is 0.421. The van der Waals surface area contributed by atoms with Crippen molar-refractivity contribution < 1.29 is 28.6 Å². The minimum atomic E-state index is -0.503. The van der Waals surface area contributed by atoms with Crippen LogP contribution in [-0.2, 0) is 23.9 Å². The first-order valence-corrected chi connectivity index (χ1v) is 9.56. The van der Waals surface area contributed by atoms with Crippen LogP contribution in [0.3, 0.4) is 0 Å². The van der Waals surface area contributed by atoms with Crippen LogP contribution >= 0.6 is 11.8 Å². The highest BCUT2D eigenvalue weighted by Gasteiger charge is 2.26. The number of hydrogen-bond acceptors (Lipinski definition) is 7. The topological polar surface area (TPSA) is 82.1 Å². The summed E-state index contributed by atoms with van der Waals surface area (Å²) in [4.78, 5) is 36.4. The van der Waals surface area contributed by atoms with Gasteiger partial charge in [0.25, 0.3) is 0 Å². The van der Waals surface area contributed by atoms with Crippen LogP contribution < -0.4 is 4.74 Å². The van der Waals surface area contributed by atoms with Crippen molar-refractivity contribution in [1.29, 1.82) is 0 Å². The van der Waals surface area contributed by atoms with E-state index in [0.29, 0.717) is 29.5 Å². The first kappa shape index (κ1) is 20.8. The van der Waals surface area contributed by atoms with Crippen molar-refractivity contribution in [1.82, 2.24) is 4.90 Å². The lowest BCUT2D eigenvalue weighted by atomic mass is 10.2. The zero-order valence-electron chi connectivity index (χ0n) is 15.4. The Labute approximate surface area is 162 Å². The van der Waals surface area contributed by atoms with Gasteiger partial charge in [-0.1, -0.05) is 29.5 Å². The summed E-state index contributed by atoms with van der Waals surface area (Å²) in [5, 5.41) is 0.560. The second kappa shape index (κ2) is 10.6. The van der Waals surface area contributed by atoms with Crippen LogP contribution in [0.25, 0.3) is 0 Å². The van der Waals surface area contributed by atoms with E-state index in [0.717, 1.165) is 5.56 Å². The van der Waals surface area contributed by atoms with Gasteiger partial charge in [-0.25, -0.2) is 4.79 Å². The Kier molecular flexibility index (Phi) is 8.19. The zero-order chi connectivity index (χ0) is 19.6. The molecule has 0 unspecified atom stereocenters. The van der Waals surface area contributed by atoms with Crippen LogP contribution in [-0.4, -0.2) is 55.4 Å². The molecular weight excluding hydrogens is 370 g/mol. The van der Waals surface area contributed by atoms with E-state index in [-0.39, 0.29) is 31.5 Å². The van der Waals surface area contributed by atoms with Gasteiger partial charge in [0.05, 0.1) is 43.6 Å². The molecule has 146 valence electrons. The maximum Gasteiger partial charge on any atom is 0.333 e. The Hall–Kier alpha value is -2.48. The SMILES string of the molecule is COC(=O)/C=C1/SCC(=O)N1CCCOC(=O)CCOc1ccc(C)cc1. The number of hydrogen-bond donors (Lipinski definition) is 0. The van der Waals surface area contributed by atoms with Crippen LogP contribution in [0.5, 0.6) is 5.75 Å². The molecule has 0 aromatic heterocycles. The Balaban J connectivity index is 1.64. The van der Waals surface area contributed by atoms with Crippen molar-refractivity contribution in [2.75, 3.05) is 32.6 Å². The summed E-state index contributed by atoms with van der Waals surface area (Å²) < 4.78 is 15.2. The highest BCUT2D eigenvalue weighted by molar-refractivity contribution is 8.04. The zero-order valence-corrected chi connectivity index (χ0v) is 16.3. The van der Waals surface area contributed by atoms with Crippen LogP contribution in [0.2, 0.25) is 0 Å². The van der Waals surface area contributed by atoms with Gasteiger partial charge in [-0.2, -0.15) is 0 Å². The third-order valence-corrected chi connectivity index (χ3v) is 4.76. The van der Waals surface area contributed by atoms with Crippen molar-refractivity contribution in [2.24, 2.45) is 0 Å². The molecule has 2 rings (SSSR count). The van der Waals surface area contributed by atoms with Crippen molar-refractivity contribution in [2.45, 2.75) is 19.8 Å². The molecule has 1 aliphatic rings. The Morgan fingerprint density at radius 3 is 2.67 bits per heavy atom. The molecule has 0 N–H and O–H groups in total. The quantitative estimate of drug-likeness (QED) is 0.362. The number of ether oxygens (including phenoxy) is 3. The summed E-state index contributed by atoms with van der Waals surface area (Å²) in [6, 6.07) is 7.58. The highest BCUT2D eigenvalue weighted by Crippen LogP contribution is 2.28. The highest BCUT2D eigenvalue weighted by atomic mass is 32.2. The number of aryl methyl sites for hydroxylation is 1. The summed E-state index contributed by atoms with van der Waals surface area (Å²) in [5.41, 5.74) is 1.14. The number of methoxy groups -OCH3 is 1. The van der Waals surface area contributed by atoms with Gasteiger partial charge < -0.3 is 19.1 Å². The van der Waals surface area contributed by atoms with Gasteiger partial charge in [-0.3, -0.25) is 9.59 Å². The van der Waals surface area contributed by atoms with E-state index in [1.54, 1.807) is 0 Å². The lowest BCUT2D eigenvalue weighted by Crippen LogP contribution is -2.27. The fourth-order valence-electron chi connectivity index (χ4n) is 2.30. The Morgan fingerprint density at radius 2 is 1.96 bits per heavy atom. The summed E-state index contributed by atoms with van der Waals surface area (Å²) in [5.74, 6) is 0.0713. The van der Waals surface area contributed by atoms with Crippen molar-refractivity contribution in [3.8, 4) is 5.75 Å². The molecule has 0 atom stereocenters. The molecule has 1 amide bonds. The third kappa shape index (κ3) is 6.97. The van der Waals surface area contributed by atoms with E-state index in [1.807, 2.05) is 31.2 Å². The first-order valence-electron chi connectivity index (χ1n) is 8.57. The lowest BCUT2D eigenvalue weighted by molar-refractivity contribution is -0.144. The maximum absolute atomic E-state index is 11.9. The maximum atomic E-state index is 11.9. The third-order valence-electron chi connectivity index (χ3n) is 3.74. The van der Waals surface area contributed by atoms with Gasteiger partial charge in [0, 0.05) is 6.54 Å². The van der Waals surface area contributed by atoms with Crippen LogP contribution in [0.15, 0.2) is 35.4 Å². The predicted octanol–water partition coefficient (Wildman–Crippen LogP) is 2.29. The Morgan fingerprint density at radius 1 is 1.22 bits per heavy atom. The first-order chi connectivity index (χ1) is 13.0. The van der Waals surface area contributed by atoms with E-state index >= 15 is 0 Å². The second-order valence-electron chi connectivity index (χ2n) is 5.83. The van der Waals surface area contributed by atoms with Crippen LogP contribution in [0.1, 0.15) is 18.4 Å². The summed E-state index contributed by atoms with van der Waals surface area (Å²) in [6.07, 6.45) is 1.93. The van der Waals surface area contributed by atoms with Gasteiger partial charge in [-0.15, -0.1) is 0 Å². The van der Waals surface area contributed by atoms with Gasteiger partial charge in [0.15, 0.2) is 0 Å². The van der Waals surface area contributed by atoms with Crippen LogP contribution in [0, 0.1) is 6.92 Å². The van der Waals surface area contributed by atoms with Gasteiger partial charge in [0.2, 0.25) is 5.91 Å². The van der Waals surface area contributed by atoms with Crippen LogP contribution in [0.4, 0.5) is 0 Å². The molecule has 0 bridgehead atoms. The predicted molar refractivity (Wildman–Crippen MR) is 101 cm³/mol. The lowest BCUT2D eigenvalue weighted by Gasteiger charge is -2.16. The van der Waals surface area contributed by atoms with E-state index in [9.17, 15) is 14.4 Å². The van der Waals surface area contributed by atoms with Crippen molar-refractivity contribution in [3.63, 3.8) is 0 Å². The number of thioether (sulfide) groups is 1. The fourth-order valence-corrected chi connectivity index (χ4v) is 3.25. The number of carbonyl (C=O) groups is 3. The van der Waals surface area contributed by atoms with Gasteiger partial charge in [0.1, 0.15) is 5.75 Å².